The molecule has 0 amide bonds. The molecule has 6 heteroatoms. The molecule has 0 saturated carbocycles. The van der Waals surface area contributed by atoms with Crippen LogP contribution in [0.5, 0.6) is 0 Å². The van der Waals surface area contributed by atoms with E-state index in [9.17, 15) is 0 Å². The van der Waals surface area contributed by atoms with Gasteiger partial charge in [-0.25, -0.2) is 0 Å². The third-order valence-corrected chi connectivity index (χ3v) is 6.34. The smallest absolute Gasteiger partial charge is 0.193 e. The van der Waals surface area contributed by atoms with Crippen molar-refractivity contribution in [3.63, 3.8) is 0 Å². The van der Waals surface area contributed by atoms with Gasteiger partial charge in [0.2, 0.25) is 0 Å². The molecule has 0 atom stereocenters. The summed E-state index contributed by atoms with van der Waals surface area (Å²) < 4.78 is 0. The minimum Gasteiger partial charge on any atom is -0.357 e. The van der Waals surface area contributed by atoms with E-state index in [1.54, 1.807) is 0 Å². The van der Waals surface area contributed by atoms with Gasteiger partial charge in [-0.1, -0.05) is 19.9 Å². The lowest BCUT2D eigenvalue weighted by Crippen LogP contribution is -2.41. The van der Waals surface area contributed by atoms with Gasteiger partial charge in [0.25, 0.3) is 0 Å². The normalized spacial score (nSPS) is 21.7. The summed E-state index contributed by atoms with van der Waals surface area (Å²) in [7, 11) is 0. The summed E-state index contributed by atoms with van der Waals surface area (Å²) in [6.07, 6.45) is 3.82. The van der Waals surface area contributed by atoms with Crippen LogP contribution in [0.1, 0.15) is 44.9 Å². The van der Waals surface area contributed by atoms with Crippen molar-refractivity contribution in [3.8, 4) is 0 Å². The van der Waals surface area contributed by atoms with Crippen molar-refractivity contribution < 1.29 is 0 Å². The van der Waals surface area contributed by atoms with Gasteiger partial charge in [0.1, 0.15) is 0 Å². The zero-order chi connectivity index (χ0) is 17.7. The molecule has 148 valence electrons. The van der Waals surface area contributed by atoms with E-state index in [0.29, 0.717) is 5.41 Å². The van der Waals surface area contributed by atoms with Crippen molar-refractivity contribution in [2.45, 2.75) is 46.6 Å². The number of halogens is 1. The molecule has 0 unspecified atom stereocenters. The van der Waals surface area contributed by atoms with Crippen LogP contribution in [-0.2, 0) is 6.54 Å². The number of guanidine groups is 1. The highest BCUT2D eigenvalue weighted by Crippen LogP contribution is 2.29. The van der Waals surface area contributed by atoms with Crippen LogP contribution in [0.4, 0.5) is 0 Å². The molecule has 1 N–H and O–H groups in total. The first-order valence-electron chi connectivity index (χ1n) is 9.84. The highest BCUT2D eigenvalue weighted by atomic mass is 127. The number of hydrogen-bond donors (Lipinski definition) is 1. The predicted molar refractivity (Wildman–Crippen MR) is 124 cm³/mol. The molecule has 3 heterocycles. The zero-order valence-corrected chi connectivity index (χ0v) is 19.7. The number of nitrogens with one attached hydrogen (secondary N) is 1. The second kappa shape index (κ2) is 10.3. The number of aliphatic imine (C=N–C) groups is 1. The van der Waals surface area contributed by atoms with Crippen molar-refractivity contribution in [2.75, 3.05) is 39.3 Å². The van der Waals surface area contributed by atoms with Gasteiger partial charge in [-0.05, 0) is 62.1 Å². The molecule has 3 rings (SSSR count). The molecular formula is C20H35IN4S. The maximum atomic E-state index is 5.00. The van der Waals surface area contributed by atoms with E-state index in [-0.39, 0.29) is 24.0 Å². The second-order valence-electron chi connectivity index (χ2n) is 8.33. The van der Waals surface area contributed by atoms with E-state index in [0.717, 1.165) is 44.6 Å². The van der Waals surface area contributed by atoms with E-state index < -0.39 is 0 Å². The van der Waals surface area contributed by atoms with Gasteiger partial charge in [-0.2, -0.15) is 0 Å². The largest absolute Gasteiger partial charge is 0.357 e. The van der Waals surface area contributed by atoms with Crippen LogP contribution in [0.3, 0.4) is 0 Å². The van der Waals surface area contributed by atoms with E-state index in [2.05, 4.69) is 53.4 Å². The number of rotatable bonds is 5. The van der Waals surface area contributed by atoms with Gasteiger partial charge in [0.05, 0.1) is 0 Å². The topological polar surface area (TPSA) is 30.9 Å². The molecule has 1 aromatic heterocycles. The Labute approximate surface area is 180 Å². The molecule has 0 radical (unpaired) electrons. The first-order chi connectivity index (χ1) is 12.1. The molecule has 4 nitrogen and oxygen atoms in total. The molecule has 2 aliphatic rings. The van der Waals surface area contributed by atoms with Crippen LogP contribution < -0.4 is 5.32 Å². The lowest BCUT2D eigenvalue weighted by atomic mass is 9.93. The highest BCUT2D eigenvalue weighted by Gasteiger charge is 2.31. The number of thiophene rings is 1. The average molecular weight is 490 g/mol. The molecular weight excluding hydrogens is 455 g/mol. The monoisotopic (exact) mass is 490 g/mol. The van der Waals surface area contributed by atoms with E-state index >= 15 is 0 Å². The van der Waals surface area contributed by atoms with Crippen LogP contribution >= 0.6 is 35.3 Å². The lowest BCUT2D eigenvalue weighted by molar-refractivity contribution is 0.182. The standard InChI is InChI=1S/C20H34N4S.HI/c1-4-21-19(24-12-9-20(2,3)16-24)22-14-17-7-10-23(11-8-17)15-18-6-5-13-25-18;/h5-6,13,17H,4,7-12,14-16H2,1-3H3,(H,21,22);1H. The Morgan fingerprint density at radius 1 is 1.31 bits per heavy atom. The summed E-state index contributed by atoms with van der Waals surface area (Å²) in [5.41, 5.74) is 0.420. The Kier molecular flexibility index (Phi) is 8.67. The minimum atomic E-state index is 0. The highest BCUT2D eigenvalue weighted by molar-refractivity contribution is 14.0. The maximum Gasteiger partial charge on any atom is 0.193 e. The van der Waals surface area contributed by atoms with E-state index in [1.807, 2.05) is 11.3 Å². The van der Waals surface area contributed by atoms with Crippen LogP contribution in [0.2, 0.25) is 0 Å². The molecule has 1 aromatic rings. The van der Waals surface area contributed by atoms with Crippen molar-refractivity contribution in [1.82, 2.24) is 15.1 Å². The molecule has 0 bridgehead atoms. The van der Waals surface area contributed by atoms with Crippen LogP contribution in [-0.4, -0.2) is 55.0 Å². The Morgan fingerprint density at radius 2 is 2.08 bits per heavy atom. The summed E-state index contributed by atoms with van der Waals surface area (Å²) in [6.45, 7) is 14.6. The molecule has 26 heavy (non-hydrogen) atoms. The van der Waals surface area contributed by atoms with Gasteiger partial charge >= 0.3 is 0 Å². The van der Waals surface area contributed by atoms with Crippen molar-refractivity contribution in [2.24, 2.45) is 16.3 Å². The van der Waals surface area contributed by atoms with E-state index in [1.165, 1.54) is 37.2 Å². The lowest BCUT2D eigenvalue weighted by Gasteiger charge is -2.31. The van der Waals surface area contributed by atoms with Crippen molar-refractivity contribution in [1.29, 1.82) is 0 Å². The molecule has 0 aliphatic carbocycles. The minimum absolute atomic E-state index is 0. The Morgan fingerprint density at radius 3 is 2.65 bits per heavy atom. The van der Waals surface area contributed by atoms with Gasteiger partial charge in [-0.15, -0.1) is 35.3 Å². The van der Waals surface area contributed by atoms with Crippen LogP contribution in [0.15, 0.2) is 22.5 Å². The Bertz CT molecular complexity index is 550. The van der Waals surface area contributed by atoms with Gasteiger partial charge in [-0.3, -0.25) is 9.89 Å². The van der Waals surface area contributed by atoms with Gasteiger partial charge < -0.3 is 10.2 Å². The summed E-state index contributed by atoms with van der Waals surface area (Å²) in [5, 5.41) is 5.69. The number of nitrogens with zero attached hydrogens (tertiary/aromatic N) is 3. The number of hydrogen-bond acceptors (Lipinski definition) is 3. The Balaban J connectivity index is 0.00000243. The van der Waals surface area contributed by atoms with Crippen molar-refractivity contribution in [3.05, 3.63) is 22.4 Å². The fourth-order valence-electron chi connectivity index (χ4n) is 3.88. The number of piperidine rings is 1. The third-order valence-electron chi connectivity index (χ3n) is 5.48. The Hall–Kier alpha value is -0.340. The first kappa shape index (κ1) is 22.0. The van der Waals surface area contributed by atoms with Crippen LogP contribution in [0, 0.1) is 11.3 Å². The molecule has 2 saturated heterocycles. The quantitative estimate of drug-likeness (QED) is 0.380. The molecule has 2 aliphatic heterocycles. The van der Waals surface area contributed by atoms with E-state index in [4.69, 9.17) is 4.99 Å². The summed E-state index contributed by atoms with van der Waals surface area (Å²) in [6, 6.07) is 4.41. The fourth-order valence-corrected chi connectivity index (χ4v) is 4.63. The second-order valence-corrected chi connectivity index (χ2v) is 9.36. The number of likely N-dealkylation sites (tertiary alicyclic amines) is 2. The van der Waals surface area contributed by atoms with Crippen molar-refractivity contribution >= 4 is 41.3 Å². The first-order valence-corrected chi connectivity index (χ1v) is 10.7. The van der Waals surface area contributed by atoms with Crippen LogP contribution in [0.25, 0.3) is 0 Å². The SMILES string of the molecule is CCNC(=NCC1CCN(Cc2cccs2)CC1)N1CCC(C)(C)C1.I. The molecule has 2 fully saturated rings. The summed E-state index contributed by atoms with van der Waals surface area (Å²) in [4.78, 5) is 11.5. The zero-order valence-electron chi connectivity index (χ0n) is 16.5. The average Bonchev–Trinajstić information content (AvgIpc) is 3.22. The molecule has 0 aromatic carbocycles. The molecule has 0 spiro atoms. The predicted octanol–water partition coefficient (Wildman–Crippen LogP) is 4.28. The van der Waals surface area contributed by atoms with Gasteiger partial charge in [0, 0.05) is 37.6 Å². The fraction of sp³-hybridized carbons (Fsp3) is 0.750. The maximum absolute atomic E-state index is 5.00. The van der Waals surface area contributed by atoms with Gasteiger partial charge in [0.15, 0.2) is 5.96 Å². The summed E-state index contributed by atoms with van der Waals surface area (Å²) in [5.74, 6) is 1.87. The summed E-state index contributed by atoms with van der Waals surface area (Å²) >= 11 is 1.87. The third kappa shape index (κ3) is 6.37.